The van der Waals surface area contributed by atoms with Gasteiger partial charge in [-0.3, -0.25) is 4.79 Å². The van der Waals surface area contributed by atoms with Crippen molar-refractivity contribution in [1.82, 2.24) is 0 Å². The summed E-state index contributed by atoms with van der Waals surface area (Å²) in [5.74, 6) is -1.11. The van der Waals surface area contributed by atoms with Crippen molar-refractivity contribution >= 4 is 11.6 Å². The first-order valence-electron chi connectivity index (χ1n) is 5.85. The molecule has 0 aliphatic carbocycles. The number of nitrogens with two attached hydrogens (primary N) is 1. The molecule has 2 rings (SSSR count). The molecular formula is C13H14FN3O2. The van der Waals surface area contributed by atoms with Gasteiger partial charge in [0.25, 0.3) is 0 Å². The number of amides is 1. The molecule has 1 saturated heterocycles. The maximum Gasteiger partial charge on any atom is 0.240 e. The molecule has 0 bridgehead atoms. The quantitative estimate of drug-likeness (QED) is 0.873. The van der Waals surface area contributed by atoms with Crippen LogP contribution in [0, 0.1) is 17.1 Å². The van der Waals surface area contributed by atoms with E-state index in [4.69, 9.17) is 15.7 Å². The van der Waals surface area contributed by atoms with Crippen molar-refractivity contribution in [3.05, 3.63) is 29.6 Å². The summed E-state index contributed by atoms with van der Waals surface area (Å²) >= 11 is 0. The SMILES string of the molecule is CO[C@H]1C[C@@H](C(N)=O)N(c2cccc(F)c2C#N)C1. The van der Waals surface area contributed by atoms with Crippen molar-refractivity contribution in [2.24, 2.45) is 5.73 Å². The summed E-state index contributed by atoms with van der Waals surface area (Å²) in [6.07, 6.45) is 0.278. The molecule has 1 aliphatic rings. The summed E-state index contributed by atoms with van der Waals surface area (Å²) < 4.78 is 18.8. The van der Waals surface area contributed by atoms with Crippen LogP contribution in [0.1, 0.15) is 12.0 Å². The number of benzene rings is 1. The zero-order valence-corrected chi connectivity index (χ0v) is 10.5. The van der Waals surface area contributed by atoms with E-state index in [2.05, 4.69) is 0 Å². The van der Waals surface area contributed by atoms with Crippen LogP contribution in [-0.2, 0) is 9.53 Å². The molecule has 0 unspecified atom stereocenters. The molecule has 0 aromatic heterocycles. The van der Waals surface area contributed by atoms with E-state index in [1.807, 2.05) is 6.07 Å². The minimum absolute atomic E-state index is 0.0782. The molecule has 0 radical (unpaired) electrons. The van der Waals surface area contributed by atoms with Crippen molar-refractivity contribution in [3.63, 3.8) is 0 Å². The predicted molar refractivity (Wildman–Crippen MR) is 66.9 cm³/mol. The number of nitrogens with zero attached hydrogens (tertiary/aromatic N) is 2. The fourth-order valence-electron chi connectivity index (χ4n) is 2.37. The van der Waals surface area contributed by atoms with Crippen LogP contribution in [0.4, 0.5) is 10.1 Å². The number of hydrogen-bond donors (Lipinski definition) is 1. The minimum Gasteiger partial charge on any atom is -0.380 e. The number of anilines is 1. The van der Waals surface area contributed by atoms with Gasteiger partial charge in [0.15, 0.2) is 0 Å². The van der Waals surface area contributed by atoms with Crippen LogP contribution in [0.3, 0.4) is 0 Å². The zero-order valence-electron chi connectivity index (χ0n) is 10.5. The zero-order chi connectivity index (χ0) is 14.0. The van der Waals surface area contributed by atoms with Gasteiger partial charge in [0.1, 0.15) is 23.5 Å². The molecule has 5 nitrogen and oxygen atoms in total. The van der Waals surface area contributed by atoms with Gasteiger partial charge in [0, 0.05) is 20.1 Å². The van der Waals surface area contributed by atoms with Crippen molar-refractivity contribution in [2.75, 3.05) is 18.6 Å². The molecule has 1 fully saturated rings. The molecule has 0 spiro atoms. The number of rotatable bonds is 3. The highest BCUT2D eigenvalue weighted by Gasteiger charge is 2.37. The second kappa shape index (κ2) is 5.24. The monoisotopic (exact) mass is 263 g/mol. The summed E-state index contributed by atoms with van der Waals surface area (Å²) in [7, 11) is 1.54. The molecule has 1 aromatic rings. The van der Waals surface area contributed by atoms with Gasteiger partial charge in [0.05, 0.1) is 11.8 Å². The van der Waals surface area contributed by atoms with E-state index in [1.54, 1.807) is 18.1 Å². The van der Waals surface area contributed by atoms with Crippen LogP contribution in [0.15, 0.2) is 18.2 Å². The third-order valence-corrected chi connectivity index (χ3v) is 3.34. The Hall–Kier alpha value is -2.13. The number of halogens is 1. The Labute approximate surface area is 110 Å². The van der Waals surface area contributed by atoms with Gasteiger partial charge in [-0.2, -0.15) is 5.26 Å². The molecule has 2 N–H and O–H groups in total. The Morgan fingerprint density at radius 2 is 2.37 bits per heavy atom. The Bertz CT molecular complexity index is 541. The highest BCUT2D eigenvalue weighted by Crippen LogP contribution is 2.30. The topological polar surface area (TPSA) is 79.3 Å². The number of ether oxygens (including phenoxy) is 1. The second-order valence-corrected chi connectivity index (χ2v) is 4.41. The molecule has 1 aromatic carbocycles. The maximum atomic E-state index is 13.6. The average molecular weight is 263 g/mol. The van der Waals surface area contributed by atoms with Crippen molar-refractivity contribution in [1.29, 1.82) is 5.26 Å². The van der Waals surface area contributed by atoms with E-state index in [0.29, 0.717) is 18.7 Å². The summed E-state index contributed by atoms with van der Waals surface area (Å²) in [4.78, 5) is 13.1. The lowest BCUT2D eigenvalue weighted by Gasteiger charge is -2.25. The predicted octanol–water partition coefficient (Wildman–Crippen LogP) is 0.776. The standard InChI is InChI=1S/C13H14FN3O2/c1-19-8-5-12(13(16)18)17(7-8)11-4-2-3-10(14)9(11)6-15/h2-4,8,12H,5,7H2,1H3,(H2,16,18)/t8-,12-/m0/s1. The van der Waals surface area contributed by atoms with E-state index in [-0.39, 0.29) is 11.7 Å². The highest BCUT2D eigenvalue weighted by molar-refractivity contribution is 5.85. The first-order valence-corrected chi connectivity index (χ1v) is 5.85. The molecule has 1 aliphatic heterocycles. The first kappa shape index (κ1) is 13.3. The van der Waals surface area contributed by atoms with Gasteiger partial charge in [-0.15, -0.1) is 0 Å². The lowest BCUT2D eigenvalue weighted by molar-refractivity contribution is -0.119. The van der Waals surface area contributed by atoms with E-state index in [0.717, 1.165) is 0 Å². The molecule has 6 heteroatoms. The van der Waals surface area contributed by atoms with Gasteiger partial charge >= 0.3 is 0 Å². The smallest absolute Gasteiger partial charge is 0.240 e. The number of methoxy groups -OCH3 is 1. The molecule has 1 heterocycles. The Balaban J connectivity index is 2.43. The molecule has 100 valence electrons. The lowest BCUT2D eigenvalue weighted by atomic mass is 10.1. The van der Waals surface area contributed by atoms with E-state index < -0.39 is 17.8 Å². The number of hydrogen-bond acceptors (Lipinski definition) is 4. The number of nitriles is 1. The average Bonchev–Trinajstić information content (AvgIpc) is 2.82. The van der Waals surface area contributed by atoms with Gasteiger partial charge < -0.3 is 15.4 Å². The van der Waals surface area contributed by atoms with Gasteiger partial charge in [0.2, 0.25) is 5.91 Å². The number of primary amides is 1. The molecular weight excluding hydrogens is 249 g/mol. The largest absolute Gasteiger partial charge is 0.380 e. The second-order valence-electron chi connectivity index (χ2n) is 4.41. The number of carbonyl (C=O) groups excluding carboxylic acids is 1. The summed E-state index contributed by atoms with van der Waals surface area (Å²) in [6, 6.07) is 5.56. The van der Waals surface area contributed by atoms with E-state index in [9.17, 15) is 9.18 Å². The van der Waals surface area contributed by atoms with Crippen LogP contribution < -0.4 is 10.6 Å². The summed E-state index contributed by atoms with van der Waals surface area (Å²) in [6.45, 7) is 0.405. The van der Waals surface area contributed by atoms with E-state index >= 15 is 0 Å². The third kappa shape index (κ3) is 2.37. The number of carbonyl (C=O) groups is 1. The maximum absolute atomic E-state index is 13.6. The van der Waals surface area contributed by atoms with Crippen LogP contribution in [0.2, 0.25) is 0 Å². The van der Waals surface area contributed by atoms with Crippen LogP contribution in [-0.4, -0.2) is 31.7 Å². The first-order chi connectivity index (χ1) is 9.08. The van der Waals surface area contributed by atoms with Crippen molar-refractivity contribution in [2.45, 2.75) is 18.6 Å². The molecule has 0 saturated carbocycles. The fourth-order valence-corrected chi connectivity index (χ4v) is 2.37. The molecule has 2 atom stereocenters. The Kier molecular flexibility index (Phi) is 3.67. The third-order valence-electron chi connectivity index (χ3n) is 3.34. The fraction of sp³-hybridized carbons (Fsp3) is 0.385. The Morgan fingerprint density at radius 3 is 2.95 bits per heavy atom. The van der Waals surface area contributed by atoms with Gasteiger partial charge in [-0.05, 0) is 12.1 Å². The van der Waals surface area contributed by atoms with E-state index in [1.165, 1.54) is 12.1 Å². The van der Waals surface area contributed by atoms with Gasteiger partial charge in [-0.1, -0.05) is 6.07 Å². The normalized spacial score (nSPS) is 22.3. The summed E-state index contributed by atoms with van der Waals surface area (Å²) in [5, 5.41) is 9.04. The summed E-state index contributed by atoms with van der Waals surface area (Å²) in [5.41, 5.74) is 5.66. The van der Waals surface area contributed by atoms with Gasteiger partial charge in [-0.25, -0.2) is 4.39 Å². The highest BCUT2D eigenvalue weighted by atomic mass is 19.1. The van der Waals surface area contributed by atoms with Crippen LogP contribution in [0.5, 0.6) is 0 Å². The lowest BCUT2D eigenvalue weighted by Crippen LogP contribution is -2.40. The van der Waals surface area contributed by atoms with Crippen LogP contribution in [0.25, 0.3) is 0 Å². The van der Waals surface area contributed by atoms with Crippen molar-refractivity contribution < 1.29 is 13.9 Å². The Morgan fingerprint density at radius 1 is 1.63 bits per heavy atom. The minimum atomic E-state index is -0.607. The molecule has 19 heavy (non-hydrogen) atoms. The molecule has 1 amide bonds. The van der Waals surface area contributed by atoms with Crippen molar-refractivity contribution in [3.8, 4) is 6.07 Å². The van der Waals surface area contributed by atoms with Crippen LogP contribution >= 0.6 is 0 Å².